The van der Waals surface area contributed by atoms with Gasteiger partial charge < -0.3 is 19.7 Å². The van der Waals surface area contributed by atoms with E-state index in [9.17, 15) is 9.59 Å². The molecule has 2 amide bonds. The number of nitrogens with zero attached hydrogens (tertiary/aromatic N) is 1. The maximum Gasteiger partial charge on any atom is 0.241 e. The maximum atomic E-state index is 12.2. The Morgan fingerprint density at radius 1 is 1.35 bits per heavy atom. The lowest BCUT2D eigenvalue weighted by Crippen LogP contribution is -2.44. The van der Waals surface area contributed by atoms with E-state index in [0.29, 0.717) is 26.1 Å². The third-order valence-corrected chi connectivity index (χ3v) is 4.08. The van der Waals surface area contributed by atoms with Gasteiger partial charge in [-0.3, -0.25) is 9.59 Å². The molecule has 1 heterocycles. The lowest BCUT2D eigenvalue weighted by molar-refractivity contribution is -0.134. The van der Waals surface area contributed by atoms with Gasteiger partial charge in [0.2, 0.25) is 11.8 Å². The minimum absolute atomic E-state index is 0.0342. The second kappa shape index (κ2) is 7.85. The lowest BCUT2D eigenvalue weighted by Gasteiger charge is -2.25. The van der Waals surface area contributed by atoms with Crippen molar-refractivity contribution in [2.75, 3.05) is 33.4 Å². The SMILES string of the molecule is CCN(CC)C(=O)CNC(=O)C1COc2cc(OC)ccc2C1. The van der Waals surface area contributed by atoms with Gasteiger partial charge in [0.15, 0.2) is 0 Å². The number of benzene rings is 1. The molecule has 6 heteroatoms. The van der Waals surface area contributed by atoms with Crippen molar-refractivity contribution in [3.05, 3.63) is 23.8 Å². The van der Waals surface area contributed by atoms with E-state index < -0.39 is 0 Å². The number of methoxy groups -OCH3 is 1. The monoisotopic (exact) mass is 320 g/mol. The van der Waals surface area contributed by atoms with Crippen molar-refractivity contribution < 1.29 is 19.1 Å². The molecule has 0 aliphatic carbocycles. The van der Waals surface area contributed by atoms with Crippen LogP contribution < -0.4 is 14.8 Å². The van der Waals surface area contributed by atoms with Crippen molar-refractivity contribution in [2.45, 2.75) is 20.3 Å². The number of nitrogens with one attached hydrogen (secondary N) is 1. The van der Waals surface area contributed by atoms with Gasteiger partial charge in [-0.1, -0.05) is 6.07 Å². The molecule has 0 radical (unpaired) electrons. The Bertz CT molecular complexity index is 570. The first-order chi connectivity index (χ1) is 11.1. The maximum absolute atomic E-state index is 12.2. The van der Waals surface area contributed by atoms with Gasteiger partial charge in [0.05, 0.1) is 19.6 Å². The molecule has 126 valence electrons. The Hall–Kier alpha value is -2.24. The molecule has 1 unspecified atom stereocenters. The number of hydrogen-bond donors (Lipinski definition) is 1. The summed E-state index contributed by atoms with van der Waals surface area (Å²) in [5.41, 5.74) is 0.979. The summed E-state index contributed by atoms with van der Waals surface area (Å²) in [6.07, 6.45) is 0.602. The topological polar surface area (TPSA) is 67.9 Å². The number of amides is 2. The van der Waals surface area contributed by atoms with Crippen LogP contribution in [-0.4, -0.2) is 50.1 Å². The van der Waals surface area contributed by atoms with Crippen LogP contribution in [0.15, 0.2) is 18.2 Å². The Morgan fingerprint density at radius 3 is 2.74 bits per heavy atom. The summed E-state index contributed by atoms with van der Waals surface area (Å²) in [6, 6.07) is 5.59. The minimum Gasteiger partial charge on any atom is -0.497 e. The van der Waals surface area contributed by atoms with Gasteiger partial charge in [-0.25, -0.2) is 0 Å². The highest BCUT2D eigenvalue weighted by Crippen LogP contribution is 2.30. The summed E-state index contributed by atoms with van der Waals surface area (Å²) in [5, 5.41) is 2.72. The summed E-state index contributed by atoms with van der Waals surface area (Å²) in [6.45, 7) is 5.48. The third kappa shape index (κ3) is 4.15. The van der Waals surface area contributed by atoms with Gasteiger partial charge in [0.1, 0.15) is 18.1 Å². The highest BCUT2D eigenvalue weighted by molar-refractivity contribution is 5.86. The molecule has 1 aliphatic heterocycles. The third-order valence-electron chi connectivity index (χ3n) is 4.08. The highest BCUT2D eigenvalue weighted by atomic mass is 16.5. The number of likely N-dealkylation sites (N-methyl/N-ethyl adjacent to an activating group) is 1. The van der Waals surface area contributed by atoms with Crippen molar-refractivity contribution in [1.82, 2.24) is 10.2 Å². The molecule has 0 saturated heterocycles. The fourth-order valence-electron chi connectivity index (χ4n) is 2.64. The van der Waals surface area contributed by atoms with Crippen molar-refractivity contribution in [2.24, 2.45) is 5.92 Å². The van der Waals surface area contributed by atoms with Gasteiger partial charge >= 0.3 is 0 Å². The van der Waals surface area contributed by atoms with E-state index in [4.69, 9.17) is 9.47 Å². The Balaban J connectivity index is 1.90. The minimum atomic E-state index is -0.277. The number of rotatable bonds is 6. The molecule has 2 rings (SSSR count). The molecule has 1 aromatic carbocycles. The smallest absolute Gasteiger partial charge is 0.241 e. The average Bonchev–Trinajstić information content (AvgIpc) is 2.59. The Kier molecular flexibility index (Phi) is 5.84. The van der Waals surface area contributed by atoms with Crippen LogP contribution in [-0.2, 0) is 16.0 Å². The van der Waals surface area contributed by atoms with E-state index in [0.717, 1.165) is 17.1 Å². The number of fused-ring (bicyclic) bond motifs is 1. The predicted octanol–water partition coefficient (Wildman–Crippen LogP) is 1.23. The van der Waals surface area contributed by atoms with Crippen LogP contribution in [0.2, 0.25) is 0 Å². The number of carbonyl (C=O) groups is 2. The van der Waals surface area contributed by atoms with Crippen molar-refractivity contribution >= 4 is 11.8 Å². The summed E-state index contributed by atoms with van der Waals surface area (Å²) in [5.74, 6) is 1.00. The molecule has 0 fully saturated rings. The lowest BCUT2D eigenvalue weighted by atomic mass is 9.96. The van der Waals surface area contributed by atoms with E-state index in [1.807, 2.05) is 32.0 Å². The molecule has 0 aromatic heterocycles. The fourth-order valence-corrected chi connectivity index (χ4v) is 2.64. The van der Waals surface area contributed by atoms with Crippen LogP contribution in [0, 0.1) is 5.92 Å². The van der Waals surface area contributed by atoms with E-state index in [-0.39, 0.29) is 24.3 Å². The van der Waals surface area contributed by atoms with Crippen LogP contribution in [0.5, 0.6) is 11.5 Å². The quantitative estimate of drug-likeness (QED) is 0.856. The molecule has 1 atom stereocenters. The Morgan fingerprint density at radius 2 is 2.09 bits per heavy atom. The van der Waals surface area contributed by atoms with Crippen LogP contribution in [0.4, 0.5) is 0 Å². The molecular formula is C17H24N2O4. The molecule has 1 aromatic rings. The van der Waals surface area contributed by atoms with Gasteiger partial charge in [-0.15, -0.1) is 0 Å². The molecule has 1 N–H and O–H groups in total. The van der Waals surface area contributed by atoms with E-state index in [1.54, 1.807) is 12.0 Å². The van der Waals surface area contributed by atoms with Gasteiger partial charge in [-0.05, 0) is 31.9 Å². The van der Waals surface area contributed by atoms with Crippen molar-refractivity contribution in [3.8, 4) is 11.5 Å². The fraction of sp³-hybridized carbons (Fsp3) is 0.529. The molecule has 23 heavy (non-hydrogen) atoms. The normalized spacial score (nSPS) is 16.0. The van der Waals surface area contributed by atoms with E-state index in [2.05, 4.69) is 5.32 Å². The first-order valence-corrected chi connectivity index (χ1v) is 7.94. The van der Waals surface area contributed by atoms with Crippen LogP contribution in [0.1, 0.15) is 19.4 Å². The van der Waals surface area contributed by atoms with Gasteiger partial charge in [0.25, 0.3) is 0 Å². The molecule has 0 spiro atoms. The summed E-state index contributed by atoms with van der Waals surface area (Å²) in [7, 11) is 1.60. The zero-order valence-electron chi connectivity index (χ0n) is 13.9. The molecule has 0 saturated carbocycles. The van der Waals surface area contributed by atoms with E-state index in [1.165, 1.54) is 0 Å². The molecular weight excluding hydrogens is 296 g/mol. The van der Waals surface area contributed by atoms with E-state index >= 15 is 0 Å². The largest absolute Gasteiger partial charge is 0.497 e. The average molecular weight is 320 g/mol. The van der Waals surface area contributed by atoms with Crippen LogP contribution >= 0.6 is 0 Å². The number of carbonyl (C=O) groups excluding carboxylic acids is 2. The summed E-state index contributed by atoms with van der Waals surface area (Å²) in [4.78, 5) is 25.9. The first kappa shape index (κ1) is 17.1. The van der Waals surface area contributed by atoms with Crippen molar-refractivity contribution in [1.29, 1.82) is 0 Å². The molecule has 1 aliphatic rings. The molecule has 6 nitrogen and oxygen atoms in total. The second-order valence-electron chi connectivity index (χ2n) is 5.47. The van der Waals surface area contributed by atoms with Crippen molar-refractivity contribution in [3.63, 3.8) is 0 Å². The van der Waals surface area contributed by atoms with Crippen LogP contribution in [0.25, 0.3) is 0 Å². The summed E-state index contributed by atoms with van der Waals surface area (Å²) < 4.78 is 10.8. The zero-order valence-corrected chi connectivity index (χ0v) is 13.9. The van der Waals surface area contributed by atoms with Crippen LogP contribution in [0.3, 0.4) is 0 Å². The molecule has 0 bridgehead atoms. The van der Waals surface area contributed by atoms with Gasteiger partial charge in [-0.2, -0.15) is 0 Å². The predicted molar refractivity (Wildman–Crippen MR) is 86.6 cm³/mol. The first-order valence-electron chi connectivity index (χ1n) is 7.94. The highest BCUT2D eigenvalue weighted by Gasteiger charge is 2.26. The second-order valence-corrected chi connectivity index (χ2v) is 5.47. The number of ether oxygens (including phenoxy) is 2. The van der Waals surface area contributed by atoms with Gasteiger partial charge in [0, 0.05) is 19.2 Å². The zero-order chi connectivity index (χ0) is 16.8. The summed E-state index contributed by atoms with van der Waals surface area (Å²) >= 11 is 0. The standard InChI is InChI=1S/C17H24N2O4/c1-4-19(5-2)16(20)10-18-17(21)13-8-12-6-7-14(22-3)9-15(12)23-11-13/h6-7,9,13H,4-5,8,10-11H2,1-3H3,(H,18,21). The Labute approximate surface area is 136 Å². The number of hydrogen-bond acceptors (Lipinski definition) is 4.